The number of amides is 2. The minimum atomic E-state index is -0.904. The highest BCUT2D eigenvalue weighted by Crippen LogP contribution is 2.23. The van der Waals surface area contributed by atoms with Crippen LogP contribution in [0, 0.1) is 17.7 Å². The van der Waals surface area contributed by atoms with Crippen LogP contribution in [0.5, 0.6) is 0 Å². The monoisotopic (exact) mass is 392 g/mol. The van der Waals surface area contributed by atoms with Crippen LogP contribution in [0.4, 0.5) is 4.39 Å². The summed E-state index contributed by atoms with van der Waals surface area (Å²) in [5.41, 5.74) is 0.240. The number of halogens is 1. The van der Waals surface area contributed by atoms with E-state index in [9.17, 15) is 18.8 Å². The SMILES string of the molecule is CC(C)[C@H](NC(=O)c1ccc(F)cc1)C(=O)OCC(=O)N[C@@H]1CCCC[C@H]1C. The molecule has 2 amide bonds. The van der Waals surface area contributed by atoms with Crippen LogP contribution in [-0.2, 0) is 14.3 Å². The number of esters is 1. The molecular weight excluding hydrogens is 363 g/mol. The van der Waals surface area contributed by atoms with Crippen molar-refractivity contribution in [2.75, 3.05) is 6.61 Å². The third-order valence-corrected chi connectivity index (χ3v) is 5.12. The zero-order chi connectivity index (χ0) is 20.7. The first kappa shape index (κ1) is 21.9. The highest BCUT2D eigenvalue weighted by atomic mass is 19.1. The Morgan fingerprint density at radius 3 is 2.39 bits per heavy atom. The van der Waals surface area contributed by atoms with Gasteiger partial charge in [-0.25, -0.2) is 9.18 Å². The lowest BCUT2D eigenvalue weighted by molar-refractivity contribution is -0.151. The quantitative estimate of drug-likeness (QED) is 0.699. The molecule has 28 heavy (non-hydrogen) atoms. The first-order valence-electron chi connectivity index (χ1n) is 9.80. The van der Waals surface area contributed by atoms with Crippen molar-refractivity contribution in [1.29, 1.82) is 0 Å². The molecule has 0 aliphatic heterocycles. The van der Waals surface area contributed by atoms with E-state index in [1.165, 1.54) is 30.7 Å². The van der Waals surface area contributed by atoms with E-state index in [1.807, 2.05) is 0 Å². The fourth-order valence-electron chi connectivity index (χ4n) is 3.33. The molecule has 0 unspecified atom stereocenters. The van der Waals surface area contributed by atoms with Crippen LogP contribution in [0.3, 0.4) is 0 Å². The number of carbonyl (C=O) groups is 3. The molecule has 0 radical (unpaired) electrons. The number of hydrogen-bond acceptors (Lipinski definition) is 4. The lowest BCUT2D eigenvalue weighted by Crippen LogP contribution is -2.47. The van der Waals surface area contributed by atoms with Gasteiger partial charge in [-0.1, -0.05) is 33.6 Å². The van der Waals surface area contributed by atoms with Crippen LogP contribution in [0.25, 0.3) is 0 Å². The fourth-order valence-corrected chi connectivity index (χ4v) is 3.33. The molecule has 0 saturated heterocycles. The highest BCUT2D eigenvalue weighted by Gasteiger charge is 2.28. The molecule has 154 valence electrons. The van der Waals surface area contributed by atoms with E-state index in [4.69, 9.17) is 4.74 Å². The summed E-state index contributed by atoms with van der Waals surface area (Å²) in [6.45, 7) is 5.26. The molecule has 7 heteroatoms. The lowest BCUT2D eigenvalue weighted by atomic mass is 9.86. The topological polar surface area (TPSA) is 84.5 Å². The number of carbonyl (C=O) groups excluding carboxylic acids is 3. The van der Waals surface area contributed by atoms with Gasteiger partial charge in [0.05, 0.1) is 0 Å². The van der Waals surface area contributed by atoms with Gasteiger partial charge in [0.25, 0.3) is 11.8 Å². The van der Waals surface area contributed by atoms with Gasteiger partial charge in [0.1, 0.15) is 11.9 Å². The Labute approximate surface area is 165 Å². The first-order chi connectivity index (χ1) is 13.3. The van der Waals surface area contributed by atoms with Gasteiger partial charge < -0.3 is 15.4 Å². The third kappa shape index (κ3) is 6.32. The predicted octanol–water partition coefficient (Wildman–Crippen LogP) is 2.82. The summed E-state index contributed by atoms with van der Waals surface area (Å²) in [6.07, 6.45) is 4.27. The van der Waals surface area contributed by atoms with Crippen molar-refractivity contribution in [2.24, 2.45) is 11.8 Å². The van der Waals surface area contributed by atoms with Crippen LogP contribution in [0.2, 0.25) is 0 Å². The van der Waals surface area contributed by atoms with Crippen LogP contribution in [-0.4, -0.2) is 36.5 Å². The summed E-state index contributed by atoms with van der Waals surface area (Å²) < 4.78 is 18.1. The van der Waals surface area contributed by atoms with Crippen molar-refractivity contribution in [3.63, 3.8) is 0 Å². The van der Waals surface area contributed by atoms with Gasteiger partial charge in [-0.2, -0.15) is 0 Å². The molecule has 0 bridgehead atoms. The van der Waals surface area contributed by atoms with Crippen molar-refractivity contribution in [1.82, 2.24) is 10.6 Å². The molecule has 3 atom stereocenters. The van der Waals surface area contributed by atoms with Gasteiger partial charge in [0.15, 0.2) is 6.61 Å². The first-order valence-corrected chi connectivity index (χ1v) is 9.80. The largest absolute Gasteiger partial charge is 0.454 e. The van der Waals surface area contributed by atoms with Gasteiger partial charge in [0, 0.05) is 11.6 Å². The Morgan fingerprint density at radius 2 is 1.79 bits per heavy atom. The smallest absolute Gasteiger partial charge is 0.329 e. The van der Waals surface area contributed by atoms with E-state index in [1.54, 1.807) is 13.8 Å². The number of ether oxygens (including phenoxy) is 1. The molecule has 1 fully saturated rings. The summed E-state index contributed by atoms with van der Waals surface area (Å²) in [4.78, 5) is 36.8. The molecule has 1 aromatic carbocycles. The van der Waals surface area contributed by atoms with Crippen molar-refractivity contribution in [3.05, 3.63) is 35.6 Å². The number of benzene rings is 1. The molecule has 0 spiro atoms. The van der Waals surface area contributed by atoms with E-state index in [-0.39, 0.29) is 30.0 Å². The van der Waals surface area contributed by atoms with Gasteiger partial charge >= 0.3 is 5.97 Å². The Bertz CT molecular complexity index is 690. The van der Waals surface area contributed by atoms with Crippen molar-refractivity contribution >= 4 is 17.8 Å². The van der Waals surface area contributed by atoms with Crippen molar-refractivity contribution in [3.8, 4) is 0 Å². The summed E-state index contributed by atoms with van der Waals surface area (Å²) in [7, 11) is 0. The maximum absolute atomic E-state index is 13.0. The van der Waals surface area contributed by atoms with E-state index in [0.29, 0.717) is 5.92 Å². The second-order valence-electron chi connectivity index (χ2n) is 7.75. The molecular formula is C21H29FN2O4. The standard InChI is InChI=1S/C21H29FN2O4/c1-13(2)19(24-20(26)15-8-10-16(22)11-9-15)21(27)28-12-18(25)23-17-7-5-4-6-14(17)3/h8-11,13-14,17,19H,4-7,12H2,1-3H3,(H,23,25)(H,24,26)/t14-,17-,19+/m1/s1. The zero-order valence-corrected chi connectivity index (χ0v) is 16.7. The van der Waals surface area contributed by atoms with Gasteiger partial charge in [-0.15, -0.1) is 0 Å². The van der Waals surface area contributed by atoms with Crippen molar-refractivity contribution in [2.45, 2.75) is 58.5 Å². The second kappa shape index (κ2) is 10.2. The molecule has 1 aliphatic rings. The van der Waals surface area contributed by atoms with Crippen LogP contribution in [0.15, 0.2) is 24.3 Å². The molecule has 1 saturated carbocycles. The minimum Gasteiger partial charge on any atom is -0.454 e. The van der Waals surface area contributed by atoms with Gasteiger partial charge in [-0.05, 0) is 48.9 Å². The van der Waals surface area contributed by atoms with Crippen molar-refractivity contribution < 1.29 is 23.5 Å². The molecule has 2 rings (SSSR count). The van der Waals surface area contributed by atoms with Crippen LogP contribution < -0.4 is 10.6 Å². The summed E-state index contributed by atoms with van der Waals surface area (Å²) in [5, 5.41) is 5.52. The molecule has 1 aromatic rings. The maximum atomic E-state index is 13.0. The van der Waals surface area contributed by atoms with Gasteiger partial charge in [0.2, 0.25) is 0 Å². The Kier molecular flexibility index (Phi) is 7.96. The molecule has 1 aliphatic carbocycles. The van der Waals surface area contributed by atoms with Crippen LogP contribution >= 0.6 is 0 Å². The molecule has 6 nitrogen and oxygen atoms in total. The summed E-state index contributed by atoms with van der Waals surface area (Å²) in [6, 6.07) is 4.23. The van der Waals surface area contributed by atoms with E-state index in [0.717, 1.165) is 19.3 Å². The van der Waals surface area contributed by atoms with E-state index < -0.39 is 23.7 Å². The fraction of sp³-hybridized carbons (Fsp3) is 0.571. The Hall–Kier alpha value is -2.44. The lowest BCUT2D eigenvalue weighted by Gasteiger charge is -2.29. The molecule has 0 aromatic heterocycles. The maximum Gasteiger partial charge on any atom is 0.329 e. The van der Waals surface area contributed by atoms with E-state index in [2.05, 4.69) is 17.6 Å². The Balaban J connectivity index is 1.87. The predicted molar refractivity (Wildman–Crippen MR) is 103 cm³/mol. The average Bonchev–Trinajstić information content (AvgIpc) is 2.66. The summed E-state index contributed by atoms with van der Waals surface area (Å²) >= 11 is 0. The molecule has 0 heterocycles. The third-order valence-electron chi connectivity index (χ3n) is 5.12. The highest BCUT2D eigenvalue weighted by molar-refractivity contribution is 5.97. The number of rotatable bonds is 7. The number of nitrogens with one attached hydrogen (secondary N) is 2. The molecule has 2 N–H and O–H groups in total. The Morgan fingerprint density at radius 1 is 1.14 bits per heavy atom. The normalized spacial score (nSPS) is 20.3. The average molecular weight is 392 g/mol. The van der Waals surface area contributed by atoms with Crippen LogP contribution in [0.1, 0.15) is 56.8 Å². The summed E-state index contributed by atoms with van der Waals surface area (Å²) in [5.74, 6) is -1.78. The minimum absolute atomic E-state index is 0.110. The van der Waals surface area contributed by atoms with Gasteiger partial charge in [-0.3, -0.25) is 9.59 Å². The number of hydrogen-bond donors (Lipinski definition) is 2. The van der Waals surface area contributed by atoms with E-state index >= 15 is 0 Å². The zero-order valence-electron chi connectivity index (χ0n) is 16.7. The second-order valence-corrected chi connectivity index (χ2v) is 7.75.